The van der Waals surface area contributed by atoms with Crippen LogP contribution in [-0.4, -0.2) is 42.5 Å². The van der Waals surface area contributed by atoms with Crippen molar-refractivity contribution in [2.24, 2.45) is 0 Å². The minimum Gasteiger partial charge on any atom is -0.465 e. The smallest absolute Gasteiger partial charge is 0.404 e. The van der Waals surface area contributed by atoms with Gasteiger partial charge in [-0.05, 0) is 6.92 Å². The highest BCUT2D eigenvalue weighted by molar-refractivity contribution is 7.99. The summed E-state index contributed by atoms with van der Waals surface area (Å²) in [5.41, 5.74) is 0. The maximum atomic E-state index is 10.2. The lowest BCUT2D eigenvalue weighted by Gasteiger charge is -2.09. The van der Waals surface area contributed by atoms with Gasteiger partial charge in [0.15, 0.2) is 0 Å². The second-order valence-electron chi connectivity index (χ2n) is 2.42. The number of thioether (sulfide) groups is 1. The van der Waals surface area contributed by atoms with Gasteiger partial charge in [-0.15, -0.1) is 0 Å². The zero-order valence-corrected chi connectivity index (χ0v) is 8.19. The number of ether oxygens (including phenoxy) is 1. The summed E-state index contributed by atoms with van der Waals surface area (Å²) in [5, 5.41) is 10.7. The van der Waals surface area contributed by atoms with Crippen molar-refractivity contribution in [3.8, 4) is 0 Å². The molecule has 12 heavy (non-hydrogen) atoms. The molecule has 0 aliphatic carbocycles. The van der Waals surface area contributed by atoms with E-state index < -0.39 is 6.09 Å². The summed E-state index contributed by atoms with van der Waals surface area (Å²) in [4.78, 5) is 10.2. The molecular weight excluding hydrogens is 178 g/mol. The molecule has 4 nitrogen and oxygen atoms in total. The first kappa shape index (κ1) is 11.6. The number of hydrogen-bond donors (Lipinski definition) is 2. The number of rotatable bonds is 6. The van der Waals surface area contributed by atoms with E-state index in [1.165, 1.54) is 0 Å². The molecule has 2 N–H and O–H groups in total. The van der Waals surface area contributed by atoms with E-state index >= 15 is 0 Å². The molecule has 1 atom stereocenters. The summed E-state index contributed by atoms with van der Waals surface area (Å²) >= 11 is 1.68. The van der Waals surface area contributed by atoms with Crippen molar-refractivity contribution in [2.75, 3.05) is 25.2 Å². The summed E-state index contributed by atoms with van der Waals surface area (Å²) in [6.07, 6.45) is -0.963. The second kappa shape index (κ2) is 7.24. The standard InChI is InChI=1S/C7H15NO3S/c1-6(8-7(9)10)5-12-4-3-11-2/h6,8H,3-5H2,1-2H3,(H,9,10). The Kier molecular flexibility index (Phi) is 6.99. The third-order valence-corrected chi connectivity index (χ3v) is 2.36. The van der Waals surface area contributed by atoms with Gasteiger partial charge in [-0.2, -0.15) is 11.8 Å². The van der Waals surface area contributed by atoms with Gasteiger partial charge in [0.05, 0.1) is 6.61 Å². The summed E-state index contributed by atoms with van der Waals surface area (Å²) in [6, 6.07) is 0.00403. The highest BCUT2D eigenvalue weighted by Gasteiger charge is 2.03. The lowest BCUT2D eigenvalue weighted by atomic mass is 10.4. The van der Waals surface area contributed by atoms with Crippen molar-refractivity contribution in [2.45, 2.75) is 13.0 Å². The largest absolute Gasteiger partial charge is 0.465 e. The predicted molar refractivity (Wildman–Crippen MR) is 49.8 cm³/mol. The van der Waals surface area contributed by atoms with E-state index in [0.29, 0.717) is 6.61 Å². The van der Waals surface area contributed by atoms with Crippen LogP contribution in [-0.2, 0) is 4.74 Å². The van der Waals surface area contributed by atoms with Crippen LogP contribution in [0.15, 0.2) is 0 Å². The quantitative estimate of drug-likeness (QED) is 0.618. The number of carboxylic acid groups (broad SMARTS) is 1. The Labute approximate surface area is 76.7 Å². The Morgan fingerprint density at radius 3 is 2.92 bits per heavy atom. The first-order valence-electron chi connectivity index (χ1n) is 3.73. The van der Waals surface area contributed by atoms with E-state index in [1.807, 2.05) is 6.92 Å². The Bertz CT molecular complexity index is 132. The molecular formula is C7H15NO3S. The third kappa shape index (κ3) is 7.68. The highest BCUT2D eigenvalue weighted by Crippen LogP contribution is 2.01. The van der Waals surface area contributed by atoms with Gasteiger partial charge in [-0.1, -0.05) is 0 Å². The van der Waals surface area contributed by atoms with E-state index in [0.717, 1.165) is 11.5 Å². The minimum absolute atomic E-state index is 0.00403. The van der Waals surface area contributed by atoms with Crippen LogP contribution in [0.2, 0.25) is 0 Å². The fraction of sp³-hybridized carbons (Fsp3) is 0.857. The average Bonchev–Trinajstić information content (AvgIpc) is 1.97. The maximum absolute atomic E-state index is 10.2. The number of amides is 1. The van der Waals surface area contributed by atoms with Gasteiger partial charge in [0.25, 0.3) is 0 Å². The molecule has 0 radical (unpaired) electrons. The SMILES string of the molecule is COCCSCC(C)NC(=O)O. The van der Waals surface area contributed by atoms with E-state index in [1.54, 1.807) is 18.9 Å². The zero-order chi connectivity index (χ0) is 9.40. The molecule has 5 heteroatoms. The van der Waals surface area contributed by atoms with Gasteiger partial charge in [-0.25, -0.2) is 4.79 Å². The molecule has 0 bridgehead atoms. The van der Waals surface area contributed by atoms with E-state index in [2.05, 4.69) is 5.32 Å². The lowest BCUT2D eigenvalue weighted by Crippen LogP contribution is -2.32. The molecule has 0 fully saturated rings. The third-order valence-electron chi connectivity index (χ3n) is 1.17. The molecule has 0 spiro atoms. The molecule has 0 rings (SSSR count). The first-order valence-corrected chi connectivity index (χ1v) is 4.88. The maximum Gasteiger partial charge on any atom is 0.404 e. The molecule has 1 unspecified atom stereocenters. The van der Waals surface area contributed by atoms with Gasteiger partial charge in [0.2, 0.25) is 0 Å². The van der Waals surface area contributed by atoms with Crippen molar-refractivity contribution in [1.82, 2.24) is 5.32 Å². The molecule has 1 amide bonds. The van der Waals surface area contributed by atoms with Gasteiger partial charge < -0.3 is 15.2 Å². The summed E-state index contributed by atoms with van der Waals surface area (Å²) in [6.45, 7) is 2.55. The fourth-order valence-electron chi connectivity index (χ4n) is 0.655. The summed E-state index contributed by atoms with van der Waals surface area (Å²) in [5.74, 6) is 1.69. The average molecular weight is 193 g/mol. The van der Waals surface area contributed by atoms with E-state index in [4.69, 9.17) is 9.84 Å². The van der Waals surface area contributed by atoms with E-state index in [9.17, 15) is 4.79 Å². The molecule has 0 heterocycles. The molecule has 0 aromatic heterocycles. The van der Waals surface area contributed by atoms with Crippen molar-refractivity contribution in [3.05, 3.63) is 0 Å². The number of carbonyl (C=O) groups is 1. The molecule has 0 aliphatic rings. The Hall–Kier alpha value is -0.420. The van der Waals surface area contributed by atoms with Crippen molar-refractivity contribution in [3.63, 3.8) is 0 Å². The predicted octanol–water partition coefficient (Wildman–Crippen LogP) is 1.02. The van der Waals surface area contributed by atoms with Crippen molar-refractivity contribution < 1.29 is 14.6 Å². The normalized spacial score (nSPS) is 12.5. The van der Waals surface area contributed by atoms with Gasteiger partial charge in [0, 0.05) is 24.7 Å². The Balaban J connectivity index is 3.19. The topological polar surface area (TPSA) is 58.6 Å². The Morgan fingerprint density at radius 2 is 2.42 bits per heavy atom. The number of methoxy groups -OCH3 is 1. The molecule has 0 aromatic carbocycles. The molecule has 0 saturated carbocycles. The number of nitrogens with one attached hydrogen (secondary N) is 1. The fourth-order valence-corrected chi connectivity index (χ4v) is 1.54. The monoisotopic (exact) mass is 193 g/mol. The van der Waals surface area contributed by atoms with Gasteiger partial charge in [-0.3, -0.25) is 0 Å². The van der Waals surface area contributed by atoms with Crippen molar-refractivity contribution >= 4 is 17.9 Å². The van der Waals surface area contributed by atoms with Crippen LogP contribution in [0.4, 0.5) is 4.79 Å². The first-order chi connectivity index (χ1) is 5.66. The van der Waals surface area contributed by atoms with Crippen LogP contribution in [0.25, 0.3) is 0 Å². The van der Waals surface area contributed by atoms with E-state index in [-0.39, 0.29) is 6.04 Å². The lowest BCUT2D eigenvalue weighted by molar-refractivity contribution is 0.192. The molecule has 72 valence electrons. The van der Waals surface area contributed by atoms with Crippen LogP contribution in [0.1, 0.15) is 6.92 Å². The highest BCUT2D eigenvalue weighted by atomic mass is 32.2. The summed E-state index contributed by atoms with van der Waals surface area (Å²) < 4.78 is 4.85. The summed E-state index contributed by atoms with van der Waals surface area (Å²) in [7, 11) is 1.65. The van der Waals surface area contributed by atoms with Crippen LogP contribution >= 0.6 is 11.8 Å². The van der Waals surface area contributed by atoms with Crippen LogP contribution in [0.3, 0.4) is 0 Å². The second-order valence-corrected chi connectivity index (χ2v) is 3.57. The van der Waals surface area contributed by atoms with Crippen LogP contribution < -0.4 is 5.32 Å². The van der Waals surface area contributed by atoms with Crippen LogP contribution in [0.5, 0.6) is 0 Å². The Morgan fingerprint density at radius 1 is 1.75 bits per heavy atom. The van der Waals surface area contributed by atoms with Gasteiger partial charge in [0.1, 0.15) is 0 Å². The molecule has 0 aromatic rings. The van der Waals surface area contributed by atoms with Crippen LogP contribution in [0, 0.1) is 0 Å². The minimum atomic E-state index is -0.963. The number of hydrogen-bond acceptors (Lipinski definition) is 3. The zero-order valence-electron chi connectivity index (χ0n) is 7.37. The van der Waals surface area contributed by atoms with Crippen molar-refractivity contribution in [1.29, 1.82) is 0 Å². The molecule has 0 saturated heterocycles. The molecule has 0 aliphatic heterocycles. The van der Waals surface area contributed by atoms with Gasteiger partial charge >= 0.3 is 6.09 Å².